The van der Waals surface area contributed by atoms with Crippen molar-refractivity contribution < 1.29 is 9.90 Å². The molecule has 0 radical (unpaired) electrons. The highest BCUT2D eigenvalue weighted by Gasteiger charge is 2.03. The lowest BCUT2D eigenvalue weighted by atomic mass is 10.2. The lowest BCUT2D eigenvalue weighted by Crippen LogP contribution is -2.24. The van der Waals surface area contributed by atoms with E-state index in [4.69, 9.17) is 11.6 Å². The number of halogens is 2. The zero-order valence-electron chi connectivity index (χ0n) is 10.7. The minimum absolute atomic E-state index is 0.206. The van der Waals surface area contributed by atoms with E-state index in [0.29, 0.717) is 14.3 Å². The van der Waals surface area contributed by atoms with Crippen LogP contribution in [0, 0.1) is 3.57 Å². The maximum absolute atomic E-state index is 11.6. The van der Waals surface area contributed by atoms with E-state index >= 15 is 0 Å². The van der Waals surface area contributed by atoms with Crippen molar-refractivity contribution in [3.05, 3.63) is 56.6 Å². The van der Waals surface area contributed by atoms with Crippen molar-refractivity contribution in [2.75, 3.05) is 5.32 Å². The van der Waals surface area contributed by atoms with Crippen LogP contribution in [0.5, 0.6) is 5.75 Å². The van der Waals surface area contributed by atoms with E-state index in [1.54, 1.807) is 42.5 Å². The van der Waals surface area contributed by atoms with Crippen LogP contribution in [-0.2, 0) is 0 Å². The molecule has 5 nitrogen and oxygen atoms in total. The van der Waals surface area contributed by atoms with E-state index in [1.165, 1.54) is 6.21 Å². The Balaban J connectivity index is 1.93. The van der Waals surface area contributed by atoms with Crippen molar-refractivity contribution in [2.45, 2.75) is 0 Å². The fourth-order valence-electron chi connectivity index (χ4n) is 1.48. The average Bonchev–Trinajstić information content (AvgIpc) is 2.45. The number of hydrogen-bond donors (Lipinski definition) is 3. The van der Waals surface area contributed by atoms with Gasteiger partial charge in [0.2, 0.25) is 0 Å². The standard InChI is InChI=1S/C14H11ClIN3O2/c15-10-3-1-2-4-12(10)18-14(21)19-17-8-9-5-6-13(20)11(16)7-9/h1-8,20H,(H2,18,19,21)/b17-8+. The first-order chi connectivity index (χ1) is 10.1. The largest absolute Gasteiger partial charge is 0.507 e. The zero-order chi connectivity index (χ0) is 15.2. The first-order valence-corrected chi connectivity index (χ1v) is 7.35. The molecule has 2 aromatic carbocycles. The summed E-state index contributed by atoms with van der Waals surface area (Å²) in [5, 5.41) is 16.3. The summed E-state index contributed by atoms with van der Waals surface area (Å²) in [5.74, 6) is 0.206. The Bertz CT molecular complexity index is 692. The monoisotopic (exact) mass is 415 g/mol. The van der Waals surface area contributed by atoms with Crippen LogP contribution in [0.3, 0.4) is 0 Å². The highest BCUT2D eigenvalue weighted by molar-refractivity contribution is 14.1. The molecule has 0 aliphatic carbocycles. The van der Waals surface area contributed by atoms with Crippen molar-refractivity contribution in [3.63, 3.8) is 0 Å². The summed E-state index contributed by atoms with van der Waals surface area (Å²) in [5.41, 5.74) is 3.60. The van der Waals surface area contributed by atoms with Gasteiger partial charge in [-0.1, -0.05) is 23.7 Å². The molecule has 0 heterocycles. The van der Waals surface area contributed by atoms with Crippen molar-refractivity contribution in [2.24, 2.45) is 5.10 Å². The summed E-state index contributed by atoms with van der Waals surface area (Å²) in [6, 6.07) is 11.4. The Labute approximate surface area is 140 Å². The number of phenolic OH excluding ortho intramolecular Hbond substituents is 1. The zero-order valence-corrected chi connectivity index (χ0v) is 13.6. The molecule has 0 unspecified atom stereocenters. The molecule has 2 aromatic rings. The molecule has 0 fully saturated rings. The molecule has 0 aliphatic rings. The molecule has 0 aromatic heterocycles. The van der Waals surface area contributed by atoms with Crippen LogP contribution < -0.4 is 10.7 Å². The lowest BCUT2D eigenvalue weighted by molar-refractivity contribution is 0.252. The number of aromatic hydroxyl groups is 1. The molecule has 2 amide bonds. The van der Waals surface area contributed by atoms with E-state index in [0.717, 1.165) is 5.56 Å². The number of carbonyl (C=O) groups is 1. The second kappa shape index (κ2) is 7.28. The summed E-state index contributed by atoms with van der Waals surface area (Å²) in [7, 11) is 0. The van der Waals surface area contributed by atoms with Gasteiger partial charge in [-0.2, -0.15) is 5.10 Å². The summed E-state index contributed by atoms with van der Waals surface area (Å²) >= 11 is 7.93. The maximum Gasteiger partial charge on any atom is 0.339 e. The number of phenols is 1. The van der Waals surface area contributed by atoms with Crippen LogP contribution in [0.25, 0.3) is 0 Å². The third kappa shape index (κ3) is 4.61. The van der Waals surface area contributed by atoms with Crippen molar-refractivity contribution in [1.29, 1.82) is 0 Å². The molecule has 3 N–H and O–H groups in total. The molecule has 2 rings (SSSR count). The molecule has 7 heteroatoms. The quantitative estimate of drug-likeness (QED) is 0.405. The van der Waals surface area contributed by atoms with Gasteiger partial charge in [-0.3, -0.25) is 0 Å². The predicted molar refractivity (Wildman–Crippen MR) is 92.0 cm³/mol. The van der Waals surface area contributed by atoms with Gasteiger partial charge in [0.25, 0.3) is 0 Å². The molecule has 0 saturated heterocycles. The maximum atomic E-state index is 11.6. The van der Waals surface area contributed by atoms with Crippen LogP contribution in [0.4, 0.5) is 10.5 Å². The third-order valence-corrected chi connectivity index (χ3v) is 3.67. The number of anilines is 1. The molecule has 0 bridgehead atoms. The minimum Gasteiger partial charge on any atom is -0.507 e. The fraction of sp³-hybridized carbons (Fsp3) is 0. The predicted octanol–water partition coefficient (Wildman–Crippen LogP) is 3.81. The van der Waals surface area contributed by atoms with Gasteiger partial charge in [0.1, 0.15) is 5.75 Å². The summed E-state index contributed by atoms with van der Waals surface area (Å²) in [4.78, 5) is 11.6. The number of nitrogens with one attached hydrogen (secondary N) is 2. The van der Waals surface area contributed by atoms with Crippen molar-refractivity contribution in [3.8, 4) is 5.75 Å². The summed E-state index contributed by atoms with van der Waals surface area (Å²) in [6.07, 6.45) is 1.48. The second-order valence-electron chi connectivity index (χ2n) is 4.01. The lowest BCUT2D eigenvalue weighted by Gasteiger charge is -2.05. The summed E-state index contributed by atoms with van der Waals surface area (Å²) in [6.45, 7) is 0. The number of benzene rings is 2. The van der Waals surface area contributed by atoms with E-state index in [9.17, 15) is 9.90 Å². The first kappa shape index (κ1) is 15.6. The molecular weight excluding hydrogens is 405 g/mol. The van der Waals surface area contributed by atoms with E-state index in [2.05, 4.69) is 15.8 Å². The Hall–Kier alpha value is -1.80. The van der Waals surface area contributed by atoms with Crippen LogP contribution in [-0.4, -0.2) is 17.4 Å². The van der Waals surface area contributed by atoms with Crippen molar-refractivity contribution in [1.82, 2.24) is 5.43 Å². The van der Waals surface area contributed by atoms with Gasteiger partial charge in [-0.25, -0.2) is 10.2 Å². The van der Waals surface area contributed by atoms with Gasteiger partial charge >= 0.3 is 6.03 Å². The fourth-order valence-corrected chi connectivity index (χ4v) is 2.20. The van der Waals surface area contributed by atoms with E-state index < -0.39 is 6.03 Å². The molecular formula is C14H11ClIN3O2. The van der Waals surface area contributed by atoms with E-state index in [-0.39, 0.29) is 5.75 Å². The first-order valence-electron chi connectivity index (χ1n) is 5.89. The number of nitrogens with zero attached hydrogens (tertiary/aromatic N) is 1. The number of amides is 2. The van der Waals surface area contributed by atoms with Gasteiger partial charge in [0.15, 0.2) is 0 Å². The van der Waals surface area contributed by atoms with Crippen LogP contribution in [0.15, 0.2) is 47.6 Å². The number of urea groups is 1. The summed E-state index contributed by atoms with van der Waals surface area (Å²) < 4.78 is 0.706. The van der Waals surface area contributed by atoms with E-state index in [1.807, 2.05) is 22.6 Å². The average molecular weight is 416 g/mol. The number of hydrazone groups is 1. The molecule has 0 saturated carbocycles. The number of para-hydroxylation sites is 1. The SMILES string of the molecule is O=C(N/N=C/c1ccc(O)c(I)c1)Nc1ccccc1Cl. The van der Waals surface area contributed by atoms with Crippen LogP contribution >= 0.6 is 34.2 Å². The van der Waals surface area contributed by atoms with Crippen molar-refractivity contribution >= 4 is 52.1 Å². The molecule has 0 atom stereocenters. The van der Waals surface area contributed by atoms with Crippen LogP contribution in [0.2, 0.25) is 5.02 Å². The highest BCUT2D eigenvalue weighted by atomic mass is 127. The normalized spacial score (nSPS) is 10.6. The third-order valence-electron chi connectivity index (χ3n) is 2.47. The van der Waals surface area contributed by atoms with Gasteiger partial charge in [-0.05, 0) is 58.5 Å². The Morgan fingerprint density at radius 1 is 1.29 bits per heavy atom. The minimum atomic E-state index is -0.493. The molecule has 21 heavy (non-hydrogen) atoms. The van der Waals surface area contributed by atoms with Gasteiger partial charge < -0.3 is 10.4 Å². The molecule has 108 valence electrons. The highest BCUT2D eigenvalue weighted by Crippen LogP contribution is 2.20. The second-order valence-corrected chi connectivity index (χ2v) is 5.58. The number of rotatable bonds is 3. The number of carbonyl (C=O) groups excluding carboxylic acids is 1. The Kier molecular flexibility index (Phi) is 5.40. The molecule has 0 spiro atoms. The van der Waals surface area contributed by atoms with Crippen LogP contribution in [0.1, 0.15) is 5.56 Å². The van der Waals surface area contributed by atoms with Gasteiger partial charge in [-0.15, -0.1) is 0 Å². The Morgan fingerprint density at radius 3 is 2.76 bits per heavy atom. The topological polar surface area (TPSA) is 73.7 Å². The van der Waals surface area contributed by atoms with Gasteiger partial charge in [0, 0.05) is 0 Å². The molecule has 0 aliphatic heterocycles. The van der Waals surface area contributed by atoms with Gasteiger partial charge in [0.05, 0.1) is 20.5 Å². The number of hydrogen-bond acceptors (Lipinski definition) is 3. The Morgan fingerprint density at radius 2 is 2.05 bits per heavy atom. The smallest absolute Gasteiger partial charge is 0.339 e.